The number of carbonyl (C=O) groups excluding carboxylic acids is 1. The van der Waals surface area contributed by atoms with E-state index in [-0.39, 0.29) is 5.91 Å². The van der Waals surface area contributed by atoms with E-state index in [0.717, 1.165) is 38.1 Å². The van der Waals surface area contributed by atoms with Crippen molar-refractivity contribution in [2.75, 3.05) is 19.6 Å². The molecule has 0 heterocycles. The Labute approximate surface area is 111 Å². The molecule has 1 aliphatic rings. The highest BCUT2D eigenvalue weighted by Crippen LogP contribution is 2.33. The molecule has 0 saturated heterocycles. The summed E-state index contributed by atoms with van der Waals surface area (Å²) in [5.74, 6) is 0.789. The van der Waals surface area contributed by atoms with Crippen molar-refractivity contribution in [2.45, 2.75) is 58.0 Å². The number of rotatable bonds is 7. The molecule has 106 valence electrons. The highest BCUT2D eigenvalue weighted by Gasteiger charge is 2.32. The van der Waals surface area contributed by atoms with Crippen molar-refractivity contribution >= 4 is 5.91 Å². The molecule has 1 aliphatic carbocycles. The Morgan fingerprint density at radius 3 is 2.56 bits per heavy atom. The predicted molar refractivity (Wildman–Crippen MR) is 73.4 cm³/mol. The molecule has 0 spiro atoms. The summed E-state index contributed by atoms with van der Waals surface area (Å²) in [5.41, 5.74) is -0.667. The molecule has 0 atom stereocenters. The quantitative estimate of drug-likeness (QED) is 0.604. The summed E-state index contributed by atoms with van der Waals surface area (Å²) in [6.45, 7) is 6.23. The second-order valence-corrected chi connectivity index (χ2v) is 5.46. The van der Waals surface area contributed by atoms with Gasteiger partial charge in [-0.3, -0.25) is 4.79 Å². The summed E-state index contributed by atoms with van der Waals surface area (Å²) in [6, 6.07) is 0. The van der Waals surface area contributed by atoms with E-state index in [1.165, 1.54) is 6.42 Å². The van der Waals surface area contributed by atoms with Crippen LogP contribution in [0.2, 0.25) is 0 Å². The van der Waals surface area contributed by atoms with Crippen molar-refractivity contribution in [3.63, 3.8) is 0 Å². The van der Waals surface area contributed by atoms with Gasteiger partial charge in [-0.1, -0.05) is 20.3 Å². The van der Waals surface area contributed by atoms with E-state index in [9.17, 15) is 9.90 Å². The molecule has 1 amide bonds. The average molecular weight is 256 g/mol. The van der Waals surface area contributed by atoms with E-state index in [1.54, 1.807) is 0 Å². The molecule has 0 aromatic carbocycles. The second kappa shape index (κ2) is 7.74. The molecular formula is C14H28N2O2. The van der Waals surface area contributed by atoms with Gasteiger partial charge in [0.05, 0.1) is 5.60 Å². The molecular weight excluding hydrogens is 228 g/mol. The van der Waals surface area contributed by atoms with Crippen LogP contribution >= 0.6 is 0 Å². The Morgan fingerprint density at radius 1 is 1.33 bits per heavy atom. The van der Waals surface area contributed by atoms with Crippen molar-refractivity contribution in [1.29, 1.82) is 0 Å². The summed E-state index contributed by atoms with van der Waals surface area (Å²) < 4.78 is 0. The fourth-order valence-electron chi connectivity index (χ4n) is 2.53. The Morgan fingerprint density at radius 2 is 2.00 bits per heavy atom. The third-order valence-corrected chi connectivity index (χ3v) is 4.01. The standard InChI is InChI=1S/C14H28N2O2/c1-3-12-5-8-14(18,9-6-12)11-16-13(17)7-10-15-4-2/h12,15,18H,3-11H2,1-2H3,(H,16,17). The van der Waals surface area contributed by atoms with Gasteiger partial charge in [-0.2, -0.15) is 0 Å². The van der Waals surface area contributed by atoms with Crippen LogP contribution in [-0.4, -0.2) is 36.2 Å². The van der Waals surface area contributed by atoms with Crippen molar-refractivity contribution in [3.05, 3.63) is 0 Å². The zero-order valence-corrected chi connectivity index (χ0v) is 11.8. The van der Waals surface area contributed by atoms with Gasteiger partial charge >= 0.3 is 0 Å². The lowest BCUT2D eigenvalue weighted by molar-refractivity contribution is -0.122. The smallest absolute Gasteiger partial charge is 0.221 e. The van der Waals surface area contributed by atoms with Crippen LogP contribution in [0.4, 0.5) is 0 Å². The third kappa shape index (κ3) is 5.36. The van der Waals surface area contributed by atoms with Crippen LogP contribution in [0.25, 0.3) is 0 Å². The Kier molecular flexibility index (Phi) is 6.65. The largest absolute Gasteiger partial charge is 0.388 e. The number of hydrogen-bond donors (Lipinski definition) is 3. The van der Waals surface area contributed by atoms with Crippen LogP contribution < -0.4 is 10.6 Å². The van der Waals surface area contributed by atoms with Crippen LogP contribution in [0.15, 0.2) is 0 Å². The maximum absolute atomic E-state index is 11.6. The second-order valence-electron chi connectivity index (χ2n) is 5.46. The van der Waals surface area contributed by atoms with Crippen LogP contribution in [0.5, 0.6) is 0 Å². The van der Waals surface area contributed by atoms with Gasteiger partial charge in [0.2, 0.25) is 5.91 Å². The number of carbonyl (C=O) groups is 1. The van der Waals surface area contributed by atoms with Crippen LogP contribution in [0.1, 0.15) is 52.4 Å². The van der Waals surface area contributed by atoms with Gasteiger partial charge in [-0.05, 0) is 38.1 Å². The molecule has 3 N–H and O–H groups in total. The van der Waals surface area contributed by atoms with Crippen LogP contribution in [-0.2, 0) is 4.79 Å². The minimum atomic E-state index is -0.667. The summed E-state index contributed by atoms with van der Waals surface area (Å²) in [6.07, 6.45) is 5.49. The van der Waals surface area contributed by atoms with Gasteiger partial charge in [-0.25, -0.2) is 0 Å². The maximum atomic E-state index is 11.6. The highest BCUT2D eigenvalue weighted by molar-refractivity contribution is 5.76. The number of nitrogens with one attached hydrogen (secondary N) is 2. The molecule has 4 nitrogen and oxygen atoms in total. The zero-order chi connectivity index (χ0) is 13.4. The first-order valence-corrected chi connectivity index (χ1v) is 7.29. The third-order valence-electron chi connectivity index (χ3n) is 4.01. The van der Waals surface area contributed by atoms with Crippen molar-refractivity contribution in [2.24, 2.45) is 5.92 Å². The van der Waals surface area contributed by atoms with Gasteiger partial charge in [0, 0.05) is 19.5 Å². The van der Waals surface area contributed by atoms with Crippen molar-refractivity contribution in [1.82, 2.24) is 10.6 Å². The Hall–Kier alpha value is -0.610. The van der Waals surface area contributed by atoms with E-state index in [4.69, 9.17) is 0 Å². The minimum Gasteiger partial charge on any atom is -0.388 e. The molecule has 0 aliphatic heterocycles. The maximum Gasteiger partial charge on any atom is 0.221 e. The summed E-state index contributed by atoms with van der Waals surface area (Å²) >= 11 is 0. The first-order chi connectivity index (χ1) is 8.59. The van der Waals surface area contributed by atoms with Gasteiger partial charge in [0.1, 0.15) is 0 Å². The molecule has 0 radical (unpaired) electrons. The van der Waals surface area contributed by atoms with Gasteiger partial charge in [0.25, 0.3) is 0 Å². The molecule has 1 saturated carbocycles. The molecule has 18 heavy (non-hydrogen) atoms. The van der Waals surface area contributed by atoms with E-state index < -0.39 is 5.60 Å². The number of hydrogen-bond acceptors (Lipinski definition) is 3. The molecule has 4 heteroatoms. The van der Waals surface area contributed by atoms with Crippen molar-refractivity contribution < 1.29 is 9.90 Å². The first kappa shape index (κ1) is 15.4. The number of aliphatic hydroxyl groups is 1. The summed E-state index contributed by atoms with van der Waals surface area (Å²) in [5, 5.41) is 16.3. The molecule has 0 bridgehead atoms. The fraction of sp³-hybridized carbons (Fsp3) is 0.929. The van der Waals surface area contributed by atoms with E-state index in [2.05, 4.69) is 17.6 Å². The van der Waals surface area contributed by atoms with E-state index in [0.29, 0.717) is 19.5 Å². The summed E-state index contributed by atoms with van der Waals surface area (Å²) in [4.78, 5) is 11.6. The molecule has 0 aromatic heterocycles. The molecule has 1 fully saturated rings. The van der Waals surface area contributed by atoms with E-state index >= 15 is 0 Å². The van der Waals surface area contributed by atoms with E-state index in [1.807, 2.05) is 6.92 Å². The minimum absolute atomic E-state index is 0.0296. The zero-order valence-electron chi connectivity index (χ0n) is 11.8. The van der Waals surface area contributed by atoms with Crippen LogP contribution in [0.3, 0.4) is 0 Å². The van der Waals surface area contributed by atoms with Gasteiger partial charge in [-0.15, -0.1) is 0 Å². The Balaban J connectivity index is 2.19. The van der Waals surface area contributed by atoms with Crippen molar-refractivity contribution in [3.8, 4) is 0 Å². The van der Waals surface area contributed by atoms with Gasteiger partial charge in [0.15, 0.2) is 0 Å². The molecule has 0 unspecified atom stereocenters. The SMILES string of the molecule is CCNCCC(=O)NCC1(O)CCC(CC)CC1. The predicted octanol–water partition coefficient (Wildman–Crippen LogP) is 1.43. The summed E-state index contributed by atoms with van der Waals surface area (Å²) in [7, 11) is 0. The topological polar surface area (TPSA) is 61.4 Å². The monoisotopic (exact) mass is 256 g/mol. The Bertz CT molecular complexity index is 248. The molecule has 1 rings (SSSR count). The fourth-order valence-corrected chi connectivity index (χ4v) is 2.53. The highest BCUT2D eigenvalue weighted by atomic mass is 16.3. The first-order valence-electron chi connectivity index (χ1n) is 7.29. The molecule has 0 aromatic rings. The van der Waals surface area contributed by atoms with Gasteiger partial charge < -0.3 is 15.7 Å². The lowest BCUT2D eigenvalue weighted by Gasteiger charge is -2.35. The van der Waals surface area contributed by atoms with Crippen LogP contribution in [0, 0.1) is 5.92 Å². The number of amides is 1. The lowest BCUT2D eigenvalue weighted by Crippen LogP contribution is -2.45. The lowest BCUT2D eigenvalue weighted by atomic mass is 9.78. The average Bonchev–Trinajstić information content (AvgIpc) is 2.38. The normalized spacial score (nSPS) is 28.1.